The van der Waals surface area contributed by atoms with Crippen LogP contribution in [0.15, 0.2) is 34.9 Å². The van der Waals surface area contributed by atoms with Crippen LogP contribution in [-0.2, 0) is 6.54 Å². The van der Waals surface area contributed by atoms with E-state index in [-0.39, 0.29) is 5.91 Å². The molecule has 0 bridgehead atoms. The molecule has 1 atom stereocenters. The van der Waals surface area contributed by atoms with Gasteiger partial charge in [0.1, 0.15) is 5.75 Å². The monoisotopic (exact) mass is 391 g/mol. The Morgan fingerprint density at radius 3 is 3.04 bits per heavy atom. The van der Waals surface area contributed by atoms with Gasteiger partial charge in [-0.15, -0.1) is 0 Å². The summed E-state index contributed by atoms with van der Waals surface area (Å²) in [5.41, 5.74) is 8.22. The van der Waals surface area contributed by atoms with E-state index in [4.69, 9.17) is 10.5 Å². The molecule has 3 rings (SSSR count). The van der Waals surface area contributed by atoms with Gasteiger partial charge < -0.3 is 15.5 Å². The number of piperidine rings is 1. The van der Waals surface area contributed by atoms with Crippen molar-refractivity contribution in [1.82, 2.24) is 9.88 Å². The van der Waals surface area contributed by atoms with Gasteiger partial charge >= 0.3 is 0 Å². The number of nitrogens with zero attached hydrogens (tertiary/aromatic N) is 1. The van der Waals surface area contributed by atoms with Crippen molar-refractivity contribution in [3.8, 4) is 5.75 Å². The fourth-order valence-corrected chi connectivity index (χ4v) is 3.89. The molecule has 1 aromatic heterocycles. The Bertz CT molecular complexity index is 729. The minimum absolute atomic E-state index is 0.300. The number of aromatic nitrogens is 1. The van der Waals surface area contributed by atoms with Gasteiger partial charge in [0.15, 0.2) is 0 Å². The number of likely N-dealkylation sites (tertiary alicyclic amines) is 1. The van der Waals surface area contributed by atoms with E-state index in [0.717, 1.165) is 54.0 Å². The normalized spacial score (nSPS) is 18.5. The fraction of sp³-hybridized carbons (Fsp3) is 0.389. The molecule has 3 N–H and O–H groups in total. The van der Waals surface area contributed by atoms with Gasteiger partial charge in [-0.2, -0.15) is 0 Å². The van der Waals surface area contributed by atoms with Crippen molar-refractivity contribution in [3.63, 3.8) is 0 Å². The number of amides is 1. The van der Waals surface area contributed by atoms with E-state index in [9.17, 15) is 4.79 Å². The Balaban J connectivity index is 1.75. The maximum absolute atomic E-state index is 11.6. The van der Waals surface area contributed by atoms with Gasteiger partial charge in [-0.3, -0.25) is 9.69 Å². The Kier molecular flexibility index (Phi) is 5.26. The minimum atomic E-state index is -0.364. The number of hydrogen-bond acceptors (Lipinski definition) is 3. The highest BCUT2D eigenvalue weighted by molar-refractivity contribution is 9.10. The van der Waals surface area contributed by atoms with Gasteiger partial charge in [-0.1, -0.05) is 15.9 Å². The van der Waals surface area contributed by atoms with Crippen LogP contribution < -0.4 is 10.5 Å². The quantitative estimate of drug-likeness (QED) is 0.821. The van der Waals surface area contributed by atoms with E-state index in [1.165, 1.54) is 0 Å². The van der Waals surface area contributed by atoms with Crippen molar-refractivity contribution >= 4 is 21.8 Å². The van der Waals surface area contributed by atoms with E-state index in [1.807, 2.05) is 12.1 Å². The van der Waals surface area contributed by atoms with Crippen LogP contribution >= 0.6 is 15.9 Å². The zero-order valence-corrected chi connectivity index (χ0v) is 15.3. The summed E-state index contributed by atoms with van der Waals surface area (Å²) < 4.78 is 6.53. The molecule has 1 amide bonds. The Morgan fingerprint density at radius 1 is 1.46 bits per heavy atom. The van der Waals surface area contributed by atoms with Crippen LogP contribution in [-0.4, -0.2) is 36.0 Å². The molecule has 0 spiro atoms. The number of carbonyl (C=O) groups excluding carboxylic acids is 1. The number of halogens is 1. The molecule has 128 valence electrons. The molecule has 2 aromatic rings. The number of nitrogens with two attached hydrogens (primary N) is 1. The topological polar surface area (TPSA) is 71.3 Å². The van der Waals surface area contributed by atoms with Crippen LogP contribution in [0.25, 0.3) is 0 Å². The Hall–Kier alpha value is -1.79. The molecule has 1 fully saturated rings. The van der Waals surface area contributed by atoms with Gasteiger partial charge in [-0.05, 0) is 43.7 Å². The number of H-pyrrole nitrogens is 1. The lowest BCUT2D eigenvalue weighted by Gasteiger charge is -2.33. The highest BCUT2D eigenvalue weighted by Crippen LogP contribution is 2.31. The highest BCUT2D eigenvalue weighted by atomic mass is 79.9. The molecule has 0 radical (unpaired) electrons. The van der Waals surface area contributed by atoms with Crippen molar-refractivity contribution in [2.45, 2.75) is 25.3 Å². The maximum atomic E-state index is 11.6. The Morgan fingerprint density at radius 2 is 2.29 bits per heavy atom. The van der Waals surface area contributed by atoms with Gasteiger partial charge in [-0.25, -0.2) is 0 Å². The van der Waals surface area contributed by atoms with E-state index in [0.29, 0.717) is 11.5 Å². The number of nitrogens with one attached hydrogen (secondary N) is 1. The lowest BCUT2D eigenvalue weighted by atomic mass is 9.92. The average Bonchev–Trinajstić information content (AvgIpc) is 3.05. The standard InChI is InChI=1S/C18H22BrN3O2/c1-24-16-5-4-14(19)9-13(16)11-22-8-2-3-12(10-22)17-15(18(20)23)6-7-21-17/h4-7,9,12,21H,2-3,8,10-11H2,1H3,(H2,20,23). The first-order valence-corrected chi connectivity index (χ1v) is 8.89. The predicted octanol–water partition coefficient (Wildman–Crippen LogP) is 3.26. The summed E-state index contributed by atoms with van der Waals surface area (Å²) in [4.78, 5) is 17.2. The highest BCUT2D eigenvalue weighted by Gasteiger charge is 2.26. The summed E-state index contributed by atoms with van der Waals surface area (Å²) in [6.07, 6.45) is 3.96. The summed E-state index contributed by atoms with van der Waals surface area (Å²) in [5.74, 6) is 0.837. The molecule has 1 aliphatic heterocycles. The molecule has 1 aromatic carbocycles. The van der Waals surface area contributed by atoms with Gasteiger partial charge in [0.25, 0.3) is 5.91 Å². The molecular weight excluding hydrogens is 370 g/mol. The van der Waals surface area contributed by atoms with Crippen molar-refractivity contribution < 1.29 is 9.53 Å². The van der Waals surface area contributed by atoms with Crippen LogP contribution in [0.4, 0.5) is 0 Å². The van der Waals surface area contributed by atoms with Gasteiger partial charge in [0, 0.05) is 40.9 Å². The third kappa shape index (κ3) is 3.65. The molecule has 0 saturated carbocycles. The van der Waals surface area contributed by atoms with E-state index >= 15 is 0 Å². The first-order chi connectivity index (χ1) is 11.6. The largest absolute Gasteiger partial charge is 0.496 e. The number of ether oxygens (including phenoxy) is 1. The second-order valence-electron chi connectivity index (χ2n) is 6.20. The van der Waals surface area contributed by atoms with E-state index < -0.39 is 0 Å². The SMILES string of the molecule is COc1ccc(Br)cc1CN1CCCC(c2[nH]ccc2C(N)=O)C1. The van der Waals surface area contributed by atoms with Crippen LogP contribution in [0.3, 0.4) is 0 Å². The number of carbonyl (C=O) groups is 1. The molecular formula is C18H22BrN3O2. The van der Waals surface area contributed by atoms with Crippen LogP contribution in [0.5, 0.6) is 5.75 Å². The van der Waals surface area contributed by atoms with Crippen LogP contribution in [0.2, 0.25) is 0 Å². The van der Waals surface area contributed by atoms with Crippen molar-refractivity contribution in [1.29, 1.82) is 0 Å². The predicted molar refractivity (Wildman–Crippen MR) is 97.3 cm³/mol. The summed E-state index contributed by atoms with van der Waals surface area (Å²) in [6.45, 7) is 2.76. The van der Waals surface area contributed by atoms with Crippen LogP contribution in [0.1, 0.15) is 40.4 Å². The second kappa shape index (κ2) is 7.40. The summed E-state index contributed by atoms with van der Waals surface area (Å²) in [7, 11) is 1.70. The van der Waals surface area contributed by atoms with Gasteiger partial charge in [0.2, 0.25) is 0 Å². The third-order valence-electron chi connectivity index (χ3n) is 4.59. The van der Waals surface area contributed by atoms with E-state index in [1.54, 1.807) is 19.4 Å². The summed E-state index contributed by atoms with van der Waals surface area (Å²) in [6, 6.07) is 7.84. The zero-order valence-electron chi connectivity index (χ0n) is 13.7. The molecule has 24 heavy (non-hydrogen) atoms. The number of rotatable bonds is 5. The van der Waals surface area contributed by atoms with Crippen molar-refractivity contribution in [3.05, 3.63) is 51.8 Å². The number of hydrogen-bond donors (Lipinski definition) is 2. The van der Waals surface area contributed by atoms with Crippen molar-refractivity contribution in [2.75, 3.05) is 20.2 Å². The number of methoxy groups -OCH3 is 1. The molecule has 5 nitrogen and oxygen atoms in total. The molecule has 1 saturated heterocycles. The van der Waals surface area contributed by atoms with Crippen LogP contribution in [0, 0.1) is 0 Å². The molecule has 2 heterocycles. The molecule has 6 heteroatoms. The average molecular weight is 392 g/mol. The summed E-state index contributed by atoms with van der Waals surface area (Å²) in [5, 5.41) is 0. The second-order valence-corrected chi connectivity index (χ2v) is 7.12. The minimum Gasteiger partial charge on any atom is -0.496 e. The number of primary amides is 1. The number of aromatic amines is 1. The third-order valence-corrected chi connectivity index (χ3v) is 5.09. The molecule has 1 unspecified atom stereocenters. The number of benzene rings is 1. The first-order valence-electron chi connectivity index (χ1n) is 8.10. The molecule has 1 aliphatic rings. The lowest BCUT2D eigenvalue weighted by molar-refractivity contribution is 0.0997. The lowest BCUT2D eigenvalue weighted by Crippen LogP contribution is -2.34. The molecule has 0 aliphatic carbocycles. The Labute approximate surface area is 150 Å². The van der Waals surface area contributed by atoms with Crippen molar-refractivity contribution in [2.24, 2.45) is 5.73 Å². The zero-order chi connectivity index (χ0) is 17.1. The smallest absolute Gasteiger partial charge is 0.250 e. The fourth-order valence-electron chi connectivity index (χ4n) is 3.48. The summed E-state index contributed by atoms with van der Waals surface area (Å²) >= 11 is 3.53. The van der Waals surface area contributed by atoms with E-state index in [2.05, 4.69) is 31.9 Å². The first kappa shape index (κ1) is 17.0. The van der Waals surface area contributed by atoms with Gasteiger partial charge in [0.05, 0.1) is 12.7 Å². The maximum Gasteiger partial charge on any atom is 0.250 e.